The van der Waals surface area contributed by atoms with Gasteiger partial charge in [0.2, 0.25) is 6.10 Å². The van der Waals surface area contributed by atoms with Gasteiger partial charge < -0.3 is 9.47 Å². The van der Waals surface area contributed by atoms with Crippen LogP contribution in [0, 0.1) is 28.6 Å². The SMILES string of the molecule is C=C.C=C/C(=C\C=C/CC)OC(/C=C/C(C#N)OC(=O)[C@@H]1[C@H](C=C(Cl)Cl)C1(C)C)=C/CC. The van der Waals surface area contributed by atoms with Crippen LogP contribution in [0.2, 0.25) is 0 Å². The predicted molar refractivity (Wildman–Crippen MR) is 134 cm³/mol. The van der Waals surface area contributed by atoms with E-state index < -0.39 is 18.0 Å². The van der Waals surface area contributed by atoms with Crippen LogP contribution < -0.4 is 0 Å². The number of ether oxygens (including phenoxy) is 2. The van der Waals surface area contributed by atoms with Gasteiger partial charge in [-0.25, -0.2) is 0 Å². The van der Waals surface area contributed by atoms with E-state index in [4.69, 9.17) is 32.7 Å². The molecule has 1 aliphatic rings. The number of allylic oxidation sites excluding steroid dienone is 7. The molecule has 0 aliphatic heterocycles. The third-order valence-corrected chi connectivity index (χ3v) is 5.00. The molecule has 0 N–H and O–H groups in total. The van der Waals surface area contributed by atoms with Gasteiger partial charge in [0, 0.05) is 0 Å². The van der Waals surface area contributed by atoms with Crippen LogP contribution in [0.1, 0.15) is 40.5 Å². The highest BCUT2D eigenvalue weighted by Gasteiger charge is 2.61. The van der Waals surface area contributed by atoms with Gasteiger partial charge in [-0.3, -0.25) is 4.79 Å². The number of carbonyl (C=O) groups excluding carboxylic acids is 1. The Bertz CT molecular complexity index is 825. The third-order valence-electron chi connectivity index (χ3n) is 4.75. The molecule has 0 heterocycles. The van der Waals surface area contributed by atoms with Crippen LogP contribution in [-0.2, 0) is 14.3 Å². The standard InChI is InChI=1S/C24H29Cl2NO3.C2H4/c1-6-9-10-12-17(8-3)29-18(11-7-2)13-14-19(16-27)30-23(28)22-20(15-21(25)26)24(22,4)5;1-2/h8-15,19-20,22H,3,6-7H2,1-2,4-5H3;1-2H2/b10-9-,14-13+,17-12+,18-11+;/t19?,20-,22-;/m0./s1. The molecule has 0 spiro atoms. The second-order valence-electron chi connectivity index (χ2n) is 7.35. The molecule has 1 fully saturated rings. The Morgan fingerprint density at radius 1 is 1.22 bits per heavy atom. The van der Waals surface area contributed by atoms with E-state index in [0.29, 0.717) is 11.5 Å². The average molecular weight is 478 g/mol. The molecule has 174 valence electrons. The smallest absolute Gasteiger partial charge is 0.311 e. The summed E-state index contributed by atoms with van der Waals surface area (Å²) >= 11 is 11.5. The van der Waals surface area contributed by atoms with E-state index in [1.54, 1.807) is 24.3 Å². The molecule has 4 nitrogen and oxygen atoms in total. The molecule has 3 atom stereocenters. The fourth-order valence-electron chi connectivity index (χ4n) is 2.99. The highest BCUT2D eigenvalue weighted by molar-refractivity contribution is 6.55. The van der Waals surface area contributed by atoms with Gasteiger partial charge in [0.15, 0.2) is 0 Å². The van der Waals surface area contributed by atoms with Crippen LogP contribution >= 0.6 is 23.2 Å². The monoisotopic (exact) mass is 477 g/mol. The van der Waals surface area contributed by atoms with Crippen molar-refractivity contribution >= 4 is 29.2 Å². The first-order chi connectivity index (χ1) is 15.2. The molecular weight excluding hydrogens is 445 g/mol. The lowest BCUT2D eigenvalue weighted by Gasteiger charge is -2.10. The van der Waals surface area contributed by atoms with E-state index >= 15 is 0 Å². The van der Waals surface area contributed by atoms with E-state index in [0.717, 1.165) is 12.8 Å². The molecule has 1 unspecified atom stereocenters. The first-order valence-corrected chi connectivity index (χ1v) is 11.1. The van der Waals surface area contributed by atoms with Crippen molar-refractivity contribution in [3.63, 3.8) is 0 Å². The number of hydrogen-bond acceptors (Lipinski definition) is 4. The topological polar surface area (TPSA) is 59.3 Å². The van der Waals surface area contributed by atoms with E-state index in [-0.39, 0.29) is 15.8 Å². The maximum absolute atomic E-state index is 12.5. The van der Waals surface area contributed by atoms with Gasteiger partial charge in [-0.15, -0.1) is 13.2 Å². The number of nitriles is 1. The molecule has 0 aromatic rings. The summed E-state index contributed by atoms with van der Waals surface area (Å²) < 4.78 is 11.3. The maximum atomic E-state index is 12.5. The van der Waals surface area contributed by atoms with Gasteiger partial charge in [0.1, 0.15) is 22.1 Å². The van der Waals surface area contributed by atoms with Crippen LogP contribution in [0.25, 0.3) is 0 Å². The fourth-order valence-corrected chi connectivity index (χ4v) is 3.26. The van der Waals surface area contributed by atoms with Crippen molar-refractivity contribution in [3.8, 4) is 6.07 Å². The predicted octanol–water partition coefficient (Wildman–Crippen LogP) is 7.72. The molecule has 0 aromatic heterocycles. The van der Waals surface area contributed by atoms with Gasteiger partial charge in [-0.05, 0) is 60.6 Å². The quantitative estimate of drug-likeness (QED) is 0.132. The highest BCUT2D eigenvalue weighted by Crippen LogP contribution is 2.60. The Balaban J connectivity index is 0.00000466. The van der Waals surface area contributed by atoms with Crippen LogP contribution in [0.5, 0.6) is 0 Å². The first-order valence-electron chi connectivity index (χ1n) is 10.4. The molecule has 6 heteroatoms. The lowest BCUT2D eigenvalue weighted by atomic mass is 10.1. The summed E-state index contributed by atoms with van der Waals surface area (Å²) in [5.41, 5.74) is -0.318. The number of hydrogen-bond donors (Lipinski definition) is 0. The zero-order chi connectivity index (χ0) is 24.7. The summed E-state index contributed by atoms with van der Waals surface area (Å²) in [6.07, 6.45) is 14.5. The van der Waals surface area contributed by atoms with E-state index in [1.807, 2.05) is 52.0 Å². The Hall–Kier alpha value is -2.48. The molecule has 0 aromatic carbocycles. The van der Waals surface area contributed by atoms with Gasteiger partial charge in [-0.2, -0.15) is 5.26 Å². The maximum Gasteiger partial charge on any atom is 0.311 e. The number of nitrogens with zero attached hydrogens (tertiary/aromatic N) is 1. The van der Waals surface area contributed by atoms with Crippen molar-refractivity contribution in [1.82, 2.24) is 0 Å². The molecule has 0 saturated heterocycles. The lowest BCUT2D eigenvalue weighted by molar-refractivity contribution is -0.147. The minimum atomic E-state index is -1.04. The van der Waals surface area contributed by atoms with E-state index in [1.165, 1.54) is 6.08 Å². The van der Waals surface area contributed by atoms with Gasteiger partial charge in [0.05, 0.1) is 5.92 Å². The molecule has 0 amide bonds. The van der Waals surface area contributed by atoms with Crippen LogP contribution in [0.15, 0.2) is 84.4 Å². The van der Waals surface area contributed by atoms with Crippen LogP contribution in [0.3, 0.4) is 0 Å². The van der Waals surface area contributed by atoms with Gasteiger partial charge in [0.25, 0.3) is 0 Å². The molecular formula is C26H33Cl2NO3. The Morgan fingerprint density at radius 3 is 2.38 bits per heavy atom. The lowest BCUT2D eigenvalue weighted by Crippen LogP contribution is -2.18. The van der Waals surface area contributed by atoms with Gasteiger partial charge in [-0.1, -0.05) is 69.6 Å². The number of carbonyl (C=O) groups is 1. The van der Waals surface area contributed by atoms with Crippen molar-refractivity contribution in [1.29, 1.82) is 5.26 Å². The zero-order valence-corrected chi connectivity index (χ0v) is 20.8. The Kier molecular flexibility index (Phi) is 14.2. The Morgan fingerprint density at radius 2 is 1.88 bits per heavy atom. The molecule has 32 heavy (non-hydrogen) atoms. The summed E-state index contributed by atoms with van der Waals surface area (Å²) in [5, 5.41) is 9.40. The summed E-state index contributed by atoms with van der Waals surface area (Å²) in [5.74, 6) is 0.143. The molecule has 0 radical (unpaired) electrons. The number of rotatable bonds is 11. The first kappa shape index (κ1) is 29.5. The average Bonchev–Trinajstić information content (AvgIpc) is 3.30. The third kappa shape index (κ3) is 9.77. The molecule has 1 saturated carbocycles. The van der Waals surface area contributed by atoms with Crippen molar-refractivity contribution in [3.05, 3.63) is 84.4 Å². The number of esters is 1. The molecule has 1 rings (SSSR count). The van der Waals surface area contributed by atoms with Crippen molar-refractivity contribution < 1.29 is 14.3 Å². The van der Waals surface area contributed by atoms with Gasteiger partial charge >= 0.3 is 5.97 Å². The largest absolute Gasteiger partial charge is 0.458 e. The summed E-state index contributed by atoms with van der Waals surface area (Å²) in [4.78, 5) is 12.5. The van der Waals surface area contributed by atoms with Crippen LogP contribution in [0.4, 0.5) is 0 Å². The highest BCUT2D eigenvalue weighted by atomic mass is 35.5. The zero-order valence-electron chi connectivity index (χ0n) is 19.3. The minimum absolute atomic E-state index is 0.117. The minimum Gasteiger partial charge on any atom is -0.458 e. The van der Waals surface area contributed by atoms with E-state index in [2.05, 4.69) is 19.7 Å². The second-order valence-corrected chi connectivity index (χ2v) is 8.36. The van der Waals surface area contributed by atoms with Crippen LogP contribution in [-0.4, -0.2) is 12.1 Å². The van der Waals surface area contributed by atoms with E-state index in [9.17, 15) is 10.1 Å². The van der Waals surface area contributed by atoms with Crippen molar-refractivity contribution in [2.24, 2.45) is 17.3 Å². The fraction of sp³-hybridized carbons (Fsp3) is 0.385. The summed E-state index contributed by atoms with van der Waals surface area (Å²) in [6.45, 7) is 17.6. The molecule has 1 aliphatic carbocycles. The molecule has 0 bridgehead atoms. The normalized spacial score (nSPS) is 20.5. The Labute approximate surface area is 202 Å². The summed E-state index contributed by atoms with van der Waals surface area (Å²) in [7, 11) is 0. The van der Waals surface area contributed by atoms with Crippen molar-refractivity contribution in [2.75, 3.05) is 0 Å². The van der Waals surface area contributed by atoms with Crippen molar-refractivity contribution in [2.45, 2.75) is 46.6 Å². The second kappa shape index (κ2) is 15.3. The number of halogens is 2. The summed E-state index contributed by atoms with van der Waals surface area (Å²) in [6, 6.07) is 1.98.